The van der Waals surface area contributed by atoms with Crippen LogP contribution in [-0.2, 0) is 46.4 Å². The Balaban J connectivity index is 1.25. The Morgan fingerprint density at radius 3 is 2.62 bits per heavy atom. The quantitative estimate of drug-likeness (QED) is 0.206. The third-order valence-electron chi connectivity index (χ3n) is 13.7. The molecule has 0 aliphatic carbocycles. The number of methoxy groups -OCH3 is 1. The number of esters is 1. The van der Waals surface area contributed by atoms with Gasteiger partial charge in [0.15, 0.2) is 0 Å². The number of hydrogen-bond acceptors (Lipinski definition) is 10. The number of nitrogens with one attached hydrogen (secondary N) is 2. The van der Waals surface area contributed by atoms with Gasteiger partial charge in [0.1, 0.15) is 18.1 Å². The number of carbonyl (C=O) groups is 5. The summed E-state index contributed by atoms with van der Waals surface area (Å²) in [4.78, 5) is 79.5. The first kappa shape index (κ1) is 47.6. The second kappa shape index (κ2) is 20.0. The summed E-state index contributed by atoms with van der Waals surface area (Å²) >= 11 is 0. The van der Waals surface area contributed by atoms with Crippen molar-refractivity contribution >= 4 is 46.1 Å². The molecule has 15 nitrogen and oxygen atoms in total. The SMILES string of the molecule is C=CC(=O)N1CC[C@H](C(=O)N(C)[C@H](C(=O)N[C@H]2CN3CCC=C(C3)c3ccc4c(c3)c(c(-c3cccnc3[C@H](C)OC)n4CC)CC(C)(C)COC(=O)[C@@H]3CCCN(N3)C2=O)C(C)C)C1. The topological polar surface area (TPSA) is 159 Å². The normalized spacial score (nSPS) is 23.6. The number of rotatable bonds is 10. The molecule has 350 valence electrons. The zero-order chi connectivity index (χ0) is 46.7. The molecule has 4 aliphatic heterocycles. The summed E-state index contributed by atoms with van der Waals surface area (Å²) < 4.78 is 14.3. The van der Waals surface area contributed by atoms with Crippen molar-refractivity contribution in [1.29, 1.82) is 0 Å². The molecule has 1 unspecified atom stereocenters. The van der Waals surface area contributed by atoms with Crippen LogP contribution in [0.4, 0.5) is 0 Å². The molecule has 3 aromatic rings. The van der Waals surface area contributed by atoms with Crippen LogP contribution in [0.2, 0.25) is 0 Å². The molecule has 65 heavy (non-hydrogen) atoms. The molecule has 0 radical (unpaired) electrons. The molecule has 6 bridgehead atoms. The van der Waals surface area contributed by atoms with Gasteiger partial charge >= 0.3 is 5.97 Å². The number of benzene rings is 1. The third-order valence-corrected chi connectivity index (χ3v) is 13.7. The summed E-state index contributed by atoms with van der Waals surface area (Å²) in [6.45, 7) is 19.0. The number of aromatic nitrogens is 2. The fourth-order valence-electron chi connectivity index (χ4n) is 10.2. The Kier molecular flexibility index (Phi) is 14.6. The Morgan fingerprint density at radius 1 is 1.11 bits per heavy atom. The number of amides is 4. The lowest BCUT2D eigenvalue weighted by molar-refractivity contribution is -0.155. The van der Waals surface area contributed by atoms with Crippen LogP contribution in [0.5, 0.6) is 0 Å². The monoisotopic (exact) mass is 893 g/mol. The van der Waals surface area contributed by atoms with E-state index in [2.05, 4.69) is 77.9 Å². The predicted molar refractivity (Wildman–Crippen MR) is 250 cm³/mol. The van der Waals surface area contributed by atoms with Gasteiger partial charge in [-0.25, -0.2) is 5.43 Å². The van der Waals surface area contributed by atoms with Gasteiger partial charge in [0, 0.05) is 88.0 Å². The van der Waals surface area contributed by atoms with Crippen molar-refractivity contribution in [3.8, 4) is 11.3 Å². The molecule has 6 heterocycles. The van der Waals surface area contributed by atoms with Crippen molar-refractivity contribution in [3.05, 3.63) is 72.1 Å². The molecule has 0 saturated carbocycles. The predicted octanol–water partition coefficient (Wildman–Crippen LogP) is 5.14. The molecule has 6 atom stereocenters. The number of hydrazine groups is 1. The van der Waals surface area contributed by atoms with Gasteiger partial charge in [0.25, 0.3) is 5.91 Å². The Bertz CT molecular complexity index is 2340. The van der Waals surface area contributed by atoms with E-state index in [9.17, 15) is 24.0 Å². The first-order valence-corrected chi connectivity index (χ1v) is 23.3. The number of likely N-dealkylation sites (N-methyl/N-ethyl adjacent to an activating group) is 1. The van der Waals surface area contributed by atoms with Crippen molar-refractivity contribution in [2.45, 2.75) is 104 Å². The van der Waals surface area contributed by atoms with Crippen molar-refractivity contribution in [2.75, 3.05) is 60.0 Å². The van der Waals surface area contributed by atoms with Gasteiger partial charge in [-0.05, 0) is 98.9 Å². The second-order valence-electron chi connectivity index (χ2n) is 19.3. The third kappa shape index (κ3) is 10.1. The molecule has 2 saturated heterocycles. The van der Waals surface area contributed by atoms with Crippen LogP contribution in [0.15, 0.2) is 55.3 Å². The van der Waals surface area contributed by atoms with E-state index < -0.39 is 41.3 Å². The summed E-state index contributed by atoms with van der Waals surface area (Å²) in [6, 6.07) is 8.07. The number of fused-ring (bicyclic) bond motifs is 6. The lowest BCUT2D eigenvalue weighted by Crippen LogP contribution is -2.63. The number of cyclic esters (lactones) is 1. The highest BCUT2D eigenvalue weighted by molar-refractivity contribution is 5.96. The molecule has 4 amide bonds. The number of hydrogen-bond donors (Lipinski definition) is 2. The van der Waals surface area contributed by atoms with Crippen LogP contribution in [0.25, 0.3) is 27.7 Å². The first-order chi connectivity index (χ1) is 31.0. The van der Waals surface area contributed by atoms with E-state index in [1.54, 1.807) is 25.3 Å². The summed E-state index contributed by atoms with van der Waals surface area (Å²) in [5.41, 5.74) is 10.0. The molecule has 0 spiro atoms. The number of nitrogens with zero attached hydrogens (tertiary/aromatic N) is 6. The van der Waals surface area contributed by atoms with E-state index in [4.69, 9.17) is 14.5 Å². The maximum atomic E-state index is 14.7. The molecule has 1 aromatic carbocycles. The zero-order valence-corrected chi connectivity index (χ0v) is 39.5. The van der Waals surface area contributed by atoms with Gasteiger partial charge in [-0.15, -0.1) is 0 Å². The smallest absolute Gasteiger partial charge is 0.324 e. The number of pyridine rings is 1. The van der Waals surface area contributed by atoms with Crippen LogP contribution < -0.4 is 10.7 Å². The average molecular weight is 893 g/mol. The van der Waals surface area contributed by atoms with Gasteiger partial charge in [-0.3, -0.25) is 38.9 Å². The van der Waals surface area contributed by atoms with Gasteiger partial charge in [0.05, 0.1) is 30.0 Å². The minimum atomic E-state index is -1.00. The molecule has 2 fully saturated rings. The largest absolute Gasteiger partial charge is 0.464 e. The Labute approximate surface area is 383 Å². The average Bonchev–Trinajstić information content (AvgIpc) is 3.92. The minimum Gasteiger partial charge on any atom is -0.464 e. The highest BCUT2D eigenvalue weighted by Gasteiger charge is 2.41. The molecule has 7 rings (SSSR count). The number of likely N-dealkylation sites (tertiary alicyclic amines) is 1. The van der Waals surface area contributed by atoms with Crippen LogP contribution >= 0.6 is 0 Å². The maximum absolute atomic E-state index is 14.7. The Hall–Kier alpha value is -5.38. The molecule has 2 aromatic heterocycles. The van der Waals surface area contributed by atoms with Crippen molar-refractivity contribution in [1.82, 2.24) is 40.0 Å². The summed E-state index contributed by atoms with van der Waals surface area (Å²) in [7, 11) is 3.32. The standard InChI is InChI=1S/C50H68N8O7/c1-10-42(59)56-24-20-35(28-56)47(61)54(8)44(31(3)4)46(60)52-40-29-55-22-13-15-34(27-55)33-18-19-41-37(25-33)38(45(57(41)11-2)36-16-12-21-51-43(36)32(5)64-9)26-50(6,7)30-65-49(63)39-17-14-23-58(53-39)48(40)62/h10,12,15-16,18-19,21,25,31-32,35,39-40,44,53H,1,11,13-14,17,20,22-24,26-30H2,2-9H3,(H,52,60)/t32-,35-,39-,40-,44-/m0/s1. The Morgan fingerprint density at radius 2 is 1.89 bits per heavy atom. The fraction of sp³-hybridized carbons (Fsp3) is 0.560. The molecule has 15 heteroatoms. The molecular formula is C50H68N8O7. The van der Waals surface area contributed by atoms with E-state index in [1.807, 2.05) is 26.8 Å². The summed E-state index contributed by atoms with van der Waals surface area (Å²) in [6.07, 6.45) is 7.96. The minimum absolute atomic E-state index is 0.148. The van der Waals surface area contributed by atoms with E-state index in [1.165, 1.54) is 16.0 Å². The van der Waals surface area contributed by atoms with Crippen molar-refractivity contribution < 1.29 is 33.4 Å². The van der Waals surface area contributed by atoms with Crippen molar-refractivity contribution in [3.63, 3.8) is 0 Å². The lowest BCUT2D eigenvalue weighted by Gasteiger charge is -2.38. The van der Waals surface area contributed by atoms with Crippen LogP contribution in [0.1, 0.15) is 90.2 Å². The zero-order valence-electron chi connectivity index (χ0n) is 39.5. The van der Waals surface area contributed by atoms with Crippen LogP contribution in [-0.4, -0.2) is 137 Å². The number of carbonyl (C=O) groups excluding carboxylic acids is 5. The van der Waals surface area contributed by atoms with Crippen LogP contribution in [0, 0.1) is 17.3 Å². The highest BCUT2D eigenvalue weighted by atomic mass is 16.5. The molecule has 4 aliphatic rings. The van der Waals surface area contributed by atoms with Gasteiger partial charge in [-0.2, -0.15) is 0 Å². The van der Waals surface area contributed by atoms with Gasteiger partial charge < -0.3 is 29.2 Å². The van der Waals surface area contributed by atoms with E-state index >= 15 is 0 Å². The van der Waals surface area contributed by atoms with E-state index in [-0.39, 0.29) is 49.4 Å². The maximum Gasteiger partial charge on any atom is 0.324 e. The summed E-state index contributed by atoms with van der Waals surface area (Å²) in [5, 5.41) is 5.67. The number of aryl methyl sites for hydroxylation is 1. The van der Waals surface area contributed by atoms with Gasteiger partial charge in [0.2, 0.25) is 17.7 Å². The highest BCUT2D eigenvalue weighted by Crippen LogP contribution is 2.41. The molecule has 2 N–H and O–H groups in total. The van der Waals surface area contributed by atoms with E-state index in [0.717, 1.165) is 57.5 Å². The second-order valence-corrected chi connectivity index (χ2v) is 19.3. The first-order valence-electron chi connectivity index (χ1n) is 23.3. The summed E-state index contributed by atoms with van der Waals surface area (Å²) in [5.74, 6) is -2.45. The number of ether oxygens (including phenoxy) is 2. The lowest BCUT2D eigenvalue weighted by atomic mass is 9.84. The van der Waals surface area contributed by atoms with Gasteiger partial charge in [-0.1, -0.05) is 46.4 Å². The van der Waals surface area contributed by atoms with Crippen molar-refractivity contribution in [2.24, 2.45) is 17.3 Å². The van der Waals surface area contributed by atoms with Crippen LogP contribution in [0.3, 0.4) is 0 Å². The van der Waals surface area contributed by atoms with E-state index in [0.29, 0.717) is 51.9 Å². The fourth-order valence-corrected chi connectivity index (χ4v) is 10.2. The molecular weight excluding hydrogens is 825 g/mol.